The molecule has 0 N–H and O–H groups in total. The molecule has 2 aromatic rings. The van der Waals surface area contributed by atoms with E-state index in [1.54, 1.807) is 17.0 Å². The number of benzene rings is 2. The third-order valence-electron chi connectivity index (χ3n) is 2.91. The van der Waals surface area contributed by atoms with Gasteiger partial charge in [0.05, 0.1) is 18.2 Å². The van der Waals surface area contributed by atoms with Crippen LogP contribution in [0.15, 0.2) is 48.5 Å². The number of anilines is 2. The van der Waals surface area contributed by atoms with E-state index in [1.165, 1.54) is 6.07 Å². The molecule has 4 heteroatoms. The molecule has 0 saturated heterocycles. The van der Waals surface area contributed by atoms with Crippen molar-refractivity contribution in [1.82, 2.24) is 0 Å². The van der Waals surface area contributed by atoms with E-state index >= 15 is 0 Å². The van der Waals surface area contributed by atoms with Gasteiger partial charge in [-0.1, -0.05) is 24.3 Å². The minimum Gasteiger partial charge on any atom is -0.339 e. The Balaban J connectivity index is 2.51. The van der Waals surface area contributed by atoms with Crippen LogP contribution in [0.2, 0.25) is 0 Å². The summed E-state index contributed by atoms with van der Waals surface area (Å²) in [5, 5.41) is 17.9. The molecular formula is C16H12FN3. The quantitative estimate of drug-likeness (QED) is 0.846. The molecule has 0 bridgehead atoms. The van der Waals surface area contributed by atoms with Gasteiger partial charge in [-0.3, -0.25) is 0 Å². The predicted octanol–water partition coefficient (Wildman–Crippen LogP) is 3.75. The summed E-state index contributed by atoms with van der Waals surface area (Å²) < 4.78 is 13.7. The molecule has 0 atom stereocenters. The van der Waals surface area contributed by atoms with Crippen molar-refractivity contribution in [1.29, 1.82) is 10.5 Å². The highest BCUT2D eigenvalue weighted by Crippen LogP contribution is 2.29. The zero-order valence-electron chi connectivity index (χ0n) is 10.8. The van der Waals surface area contributed by atoms with Gasteiger partial charge in [-0.25, -0.2) is 4.39 Å². The second-order valence-electron chi connectivity index (χ2n) is 4.14. The molecule has 0 unspecified atom stereocenters. The number of nitriles is 2. The first-order chi connectivity index (χ1) is 9.77. The maximum absolute atomic E-state index is 13.7. The van der Waals surface area contributed by atoms with Gasteiger partial charge < -0.3 is 4.90 Å². The largest absolute Gasteiger partial charge is 0.339 e. The summed E-state index contributed by atoms with van der Waals surface area (Å²) in [4.78, 5) is 1.78. The molecule has 0 heterocycles. The zero-order chi connectivity index (χ0) is 14.4. The third-order valence-corrected chi connectivity index (χ3v) is 2.91. The van der Waals surface area contributed by atoms with Crippen molar-refractivity contribution in [3.8, 4) is 12.1 Å². The molecule has 0 aliphatic carbocycles. The van der Waals surface area contributed by atoms with Crippen molar-refractivity contribution in [3.05, 3.63) is 59.9 Å². The van der Waals surface area contributed by atoms with Gasteiger partial charge in [0.2, 0.25) is 0 Å². The Labute approximate surface area is 117 Å². The van der Waals surface area contributed by atoms with E-state index in [2.05, 4.69) is 6.07 Å². The second kappa shape index (κ2) is 6.36. The molecule has 0 aliphatic rings. The van der Waals surface area contributed by atoms with Crippen LogP contribution in [0.3, 0.4) is 0 Å². The average molecular weight is 265 g/mol. The summed E-state index contributed by atoms with van der Waals surface area (Å²) in [6, 6.07) is 17.8. The molecule has 0 saturated carbocycles. The van der Waals surface area contributed by atoms with E-state index in [-0.39, 0.29) is 12.0 Å². The third kappa shape index (κ3) is 2.76. The molecule has 2 rings (SSSR count). The van der Waals surface area contributed by atoms with Crippen LogP contribution < -0.4 is 4.90 Å². The highest BCUT2D eigenvalue weighted by Gasteiger charge is 2.15. The van der Waals surface area contributed by atoms with Gasteiger partial charge in [0, 0.05) is 12.2 Å². The second-order valence-corrected chi connectivity index (χ2v) is 4.14. The van der Waals surface area contributed by atoms with Gasteiger partial charge in [0.25, 0.3) is 0 Å². The summed E-state index contributed by atoms with van der Waals surface area (Å²) in [5.41, 5.74) is 1.30. The number of nitrogens with zero attached hydrogens (tertiary/aromatic N) is 3. The molecule has 98 valence electrons. The number of hydrogen-bond acceptors (Lipinski definition) is 3. The Morgan fingerprint density at radius 2 is 1.75 bits per heavy atom. The molecule has 0 aromatic heterocycles. The molecule has 0 amide bonds. The summed E-state index contributed by atoms with van der Waals surface area (Å²) in [5.74, 6) is -0.553. The maximum atomic E-state index is 13.7. The van der Waals surface area contributed by atoms with Crippen molar-refractivity contribution >= 4 is 11.4 Å². The van der Waals surface area contributed by atoms with Crippen LogP contribution in [0.5, 0.6) is 0 Å². The van der Waals surface area contributed by atoms with Crippen LogP contribution in [0.1, 0.15) is 12.0 Å². The molecule has 3 nitrogen and oxygen atoms in total. The Bertz CT molecular complexity index is 668. The fourth-order valence-corrected chi connectivity index (χ4v) is 2.01. The molecule has 0 radical (unpaired) electrons. The highest BCUT2D eigenvalue weighted by atomic mass is 19.1. The molecule has 2 aromatic carbocycles. The van der Waals surface area contributed by atoms with E-state index < -0.39 is 5.82 Å². The van der Waals surface area contributed by atoms with E-state index in [9.17, 15) is 4.39 Å². The van der Waals surface area contributed by atoms with Crippen LogP contribution in [-0.4, -0.2) is 6.54 Å². The van der Waals surface area contributed by atoms with Crippen molar-refractivity contribution in [2.75, 3.05) is 11.4 Å². The molecule has 0 spiro atoms. The smallest absolute Gasteiger partial charge is 0.143 e. The normalized spacial score (nSPS) is 9.55. The van der Waals surface area contributed by atoms with Crippen molar-refractivity contribution in [3.63, 3.8) is 0 Å². The standard InChI is InChI=1S/C16H12FN3/c17-15-8-4-9-16(14(15)12-19)20(11-5-10-18)13-6-2-1-3-7-13/h1-4,6-9H,5,11H2. The summed E-state index contributed by atoms with van der Waals surface area (Å²) in [6.07, 6.45) is 0.288. The lowest BCUT2D eigenvalue weighted by molar-refractivity contribution is 0.623. The first kappa shape index (κ1) is 13.6. The highest BCUT2D eigenvalue weighted by molar-refractivity contribution is 5.69. The van der Waals surface area contributed by atoms with Gasteiger partial charge >= 0.3 is 0 Å². The van der Waals surface area contributed by atoms with Crippen LogP contribution >= 0.6 is 0 Å². The molecule has 20 heavy (non-hydrogen) atoms. The van der Waals surface area contributed by atoms with Crippen LogP contribution in [0.4, 0.5) is 15.8 Å². The van der Waals surface area contributed by atoms with Gasteiger partial charge in [0.1, 0.15) is 17.4 Å². The van der Waals surface area contributed by atoms with Crippen molar-refractivity contribution < 1.29 is 4.39 Å². The van der Waals surface area contributed by atoms with Gasteiger partial charge in [0.15, 0.2) is 0 Å². The number of rotatable bonds is 4. The fourth-order valence-electron chi connectivity index (χ4n) is 2.01. The minimum atomic E-state index is -0.553. The lowest BCUT2D eigenvalue weighted by Crippen LogP contribution is -2.19. The van der Waals surface area contributed by atoms with E-state index in [0.717, 1.165) is 5.69 Å². The SMILES string of the molecule is N#CCCN(c1ccccc1)c1cccc(F)c1C#N. The van der Waals surface area contributed by atoms with E-state index in [4.69, 9.17) is 10.5 Å². The number of para-hydroxylation sites is 1. The lowest BCUT2D eigenvalue weighted by atomic mass is 10.1. The molecule has 0 aliphatic heterocycles. The Morgan fingerprint density at radius 3 is 2.40 bits per heavy atom. The van der Waals surface area contributed by atoms with Crippen LogP contribution in [-0.2, 0) is 0 Å². The first-order valence-corrected chi connectivity index (χ1v) is 6.16. The maximum Gasteiger partial charge on any atom is 0.143 e. The Kier molecular flexibility index (Phi) is 4.32. The predicted molar refractivity (Wildman–Crippen MR) is 74.8 cm³/mol. The summed E-state index contributed by atoms with van der Waals surface area (Å²) >= 11 is 0. The molecular weight excluding hydrogens is 253 g/mol. The zero-order valence-corrected chi connectivity index (χ0v) is 10.8. The van der Waals surface area contributed by atoms with E-state index in [0.29, 0.717) is 12.2 Å². The lowest BCUT2D eigenvalue weighted by Gasteiger charge is -2.25. The number of hydrogen-bond donors (Lipinski definition) is 0. The average Bonchev–Trinajstić information content (AvgIpc) is 2.49. The van der Waals surface area contributed by atoms with Gasteiger partial charge in [-0.2, -0.15) is 10.5 Å². The van der Waals surface area contributed by atoms with Crippen LogP contribution in [0.25, 0.3) is 0 Å². The van der Waals surface area contributed by atoms with Gasteiger partial charge in [-0.05, 0) is 24.3 Å². The minimum absolute atomic E-state index is 0.00528. The summed E-state index contributed by atoms with van der Waals surface area (Å²) in [7, 11) is 0. The summed E-state index contributed by atoms with van der Waals surface area (Å²) in [6.45, 7) is 0.401. The van der Waals surface area contributed by atoms with Crippen LogP contribution in [0, 0.1) is 28.5 Å². The number of halogens is 1. The first-order valence-electron chi connectivity index (χ1n) is 6.16. The topological polar surface area (TPSA) is 50.8 Å². The molecule has 0 fully saturated rings. The monoisotopic (exact) mass is 265 g/mol. The fraction of sp³-hybridized carbons (Fsp3) is 0.125. The van der Waals surface area contributed by atoms with E-state index in [1.807, 2.05) is 36.4 Å². The van der Waals surface area contributed by atoms with Crippen molar-refractivity contribution in [2.45, 2.75) is 6.42 Å². The van der Waals surface area contributed by atoms with Gasteiger partial charge in [-0.15, -0.1) is 0 Å². The Morgan fingerprint density at radius 1 is 1.00 bits per heavy atom. The van der Waals surface area contributed by atoms with Crippen molar-refractivity contribution in [2.24, 2.45) is 0 Å². The Hall–Kier alpha value is -2.85.